The van der Waals surface area contributed by atoms with Gasteiger partial charge in [0, 0.05) is 5.56 Å². The summed E-state index contributed by atoms with van der Waals surface area (Å²) in [5, 5.41) is -0.491. The number of nitrogens with one attached hydrogen (secondary N) is 1. The molecule has 5 heteroatoms. The molecule has 0 saturated carbocycles. The minimum absolute atomic E-state index is 0.328. The minimum atomic E-state index is -0.491. The molecule has 0 fully saturated rings. The topological polar surface area (TPSA) is 71.8 Å². The Morgan fingerprint density at radius 1 is 1.54 bits per heavy atom. The fraction of sp³-hybridized carbons (Fsp3) is 0. The Morgan fingerprint density at radius 2 is 2.31 bits per heavy atom. The third-order valence-electron chi connectivity index (χ3n) is 1.73. The van der Waals surface area contributed by atoms with Crippen molar-refractivity contribution in [1.82, 2.24) is 9.97 Å². The van der Waals surface area contributed by atoms with E-state index in [1.807, 2.05) is 0 Å². The number of nitrogens with two attached hydrogens (primary N) is 1. The fourth-order valence-corrected chi connectivity index (χ4v) is 1.27. The molecular formula is C8H6ClN3O. The molecule has 0 saturated heterocycles. The Morgan fingerprint density at radius 3 is 3.00 bits per heavy atom. The minimum Gasteiger partial charge on any atom is -0.369 e. The number of rotatable bonds is 1. The summed E-state index contributed by atoms with van der Waals surface area (Å²) in [7, 11) is 0. The zero-order valence-electron chi connectivity index (χ0n) is 6.54. The van der Waals surface area contributed by atoms with Gasteiger partial charge in [-0.3, -0.25) is 4.79 Å². The number of H-pyrrole nitrogens is 1. The SMILES string of the molecule is Nc1nc2ccc(C(=O)Cl)cc2[nH]1. The molecule has 0 spiro atoms. The number of carbonyl (C=O) groups excluding carboxylic acids is 1. The molecule has 13 heavy (non-hydrogen) atoms. The van der Waals surface area contributed by atoms with Crippen LogP contribution in [0.4, 0.5) is 5.95 Å². The van der Waals surface area contributed by atoms with Gasteiger partial charge >= 0.3 is 0 Å². The van der Waals surface area contributed by atoms with Gasteiger partial charge in [0.2, 0.25) is 0 Å². The van der Waals surface area contributed by atoms with Crippen LogP contribution in [0.25, 0.3) is 11.0 Å². The maximum absolute atomic E-state index is 10.8. The van der Waals surface area contributed by atoms with Crippen LogP contribution >= 0.6 is 11.6 Å². The van der Waals surface area contributed by atoms with E-state index in [0.717, 1.165) is 5.52 Å². The number of nitrogen functional groups attached to an aromatic ring is 1. The zero-order chi connectivity index (χ0) is 9.42. The number of hydrogen-bond donors (Lipinski definition) is 2. The monoisotopic (exact) mass is 195 g/mol. The summed E-state index contributed by atoms with van der Waals surface area (Å²) < 4.78 is 0. The highest BCUT2D eigenvalue weighted by atomic mass is 35.5. The Balaban J connectivity index is 2.67. The smallest absolute Gasteiger partial charge is 0.252 e. The van der Waals surface area contributed by atoms with E-state index in [2.05, 4.69) is 9.97 Å². The van der Waals surface area contributed by atoms with Crippen molar-refractivity contribution in [3.05, 3.63) is 23.8 Å². The molecule has 1 heterocycles. The number of hydrogen-bond acceptors (Lipinski definition) is 3. The zero-order valence-corrected chi connectivity index (χ0v) is 7.30. The summed E-state index contributed by atoms with van der Waals surface area (Å²) in [6.45, 7) is 0. The molecule has 0 bridgehead atoms. The van der Waals surface area contributed by atoms with E-state index >= 15 is 0 Å². The number of benzene rings is 1. The maximum Gasteiger partial charge on any atom is 0.252 e. The van der Waals surface area contributed by atoms with Crippen LogP contribution in [0, 0.1) is 0 Å². The summed E-state index contributed by atoms with van der Waals surface area (Å²) >= 11 is 5.31. The predicted octanol–water partition coefficient (Wildman–Crippen LogP) is 1.52. The van der Waals surface area contributed by atoms with Crippen LogP contribution < -0.4 is 5.73 Å². The number of carbonyl (C=O) groups is 1. The molecule has 0 atom stereocenters. The molecule has 2 rings (SSSR count). The highest BCUT2D eigenvalue weighted by molar-refractivity contribution is 6.67. The van der Waals surface area contributed by atoms with Crippen LogP contribution in [0.1, 0.15) is 10.4 Å². The van der Waals surface area contributed by atoms with Crippen molar-refractivity contribution in [2.45, 2.75) is 0 Å². The molecule has 4 nitrogen and oxygen atoms in total. The Labute approximate surface area is 78.7 Å². The lowest BCUT2D eigenvalue weighted by Crippen LogP contribution is -1.87. The largest absolute Gasteiger partial charge is 0.369 e. The Bertz CT molecular complexity index is 477. The number of nitrogens with zero attached hydrogens (tertiary/aromatic N) is 1. The number of aromatic amines is 1. The van der Waals surface area contributed by atoms with E-state index in [4.69, 9.17) is 17.3 Å². The molecule has 3 N–H and O–H groups in total. The molecule has 0 aliphatic heterocycles. The van der Waals surface area contributed by atoms with E-state index in [-0.39, 0.29) is 0 Å². The van der Waals surface area contributed by atoms with Gasteiger partial charge in [0.1, 0.15) is 0 Å². The third kappa shape index (κ3) is 1.36. The number of aromatic nitrogens is 2. The molecule has 0 radical (unpaired) electrons. The van der Waals surface area contributed by atoms with Crippen LogP contribution in [-0.4, -0.2) is 15.2 Å². The van der Waals surface area contributed by atoms with Crippen molar-refractivity contribution in [3.63, 3.8) is 0 Å². The molecular weight excluding hydrogens is 190 g/mol. The van der Waals surface area contributed by atoms with Gasteiger partial charge in [0.15, 0.2) is 5.95 Å². The van der Waals surface area contributed by atoms with Crippen LogP contribution in [0.2, 0.25) is 0 Å². The first kappa shape index (κ1) is 8.07. The maximum atomic E-state index is 10.8. The first-order valence-corrected chi connectivity index (χ1v) is 3.99. The van der Waals surface area contributed by atoms with Gasteiger partial charge in [0.05, 0.1) is 11.0 Å². The molecule has 66 valence electrons. The van der Waals surface area contributed by atoms with Crippen molar-refractivity contribution < 1.29 is 4.79 Å². The molecule has 1 aromatic heterocycles. The predicted molar refractivity (Wildman–Crippen MR) is 50.7 cm³/mol. The van der Waals surface area contributed by atoms with E-state index in [0.29, 0.717) is 17.0 Å². The normalized spacial score (nSPS) is 10.5. The molecule has 0 aliphatic rings. The van der Waals surface area contributed by atoms with Crippen LogP contribution in [0.3, 0.4) is 0 Å². The average molecular weight is 196 g/mol. The van der Waals surface area contributed by atoms with E-state index in [1.54, 1.807) is 18.2 Å². The van der Waals surface area contributed by atoms with Crippen molar-refractivity contribution in [3.8, 4) is 0 Å². The van der Waals surface area contributed by atoms with Gasteiger partial charge < -0.3 is 10.7 Å². The lowest BCUT2D eigenvalue weighted by molar-refractivity contribution is 0.108. The van der Waals surface area contributed by atoms with Crippen molar-refractivity contribution in [2.24, 2.45) is 0 Å². The molecule has 0 unspecified atom stereocenters. The van der Waals surface area contributed by atoms with Crippen molar-refractivity contribution in [1.29, 1.82) is 0 Å². The third-order valence-corrected chi connectivity index (χ3v) is 1.95. The number of halogens is 1. The van der Waals surface area contributed by atoms with Crippen molar-refractivity contribution in [2.75, 3.05) is 5.73 Å². The Kier molecular flexibility index (Phi) is 1.70. The summed E-state index contributed by atoms with van der Waals surface area (Å²) in [6, 6.07) is 4.92. The summed E-state index contributed by atoms with van der Waals surface area (Å²) in [5.41, 5.74) is 7.29. The van der Waals surface area contributed by atoms with Gasteiger partial charge in [-0.05, 0) is 29.8 Å². The number of fused-ring (bicyclic) bond motifs is 1. The van der Waals surface area contributed by atoms with Gasteiger partial charge in [-0.25, -0.2) is 4.98 Å². The molecule has 2 aromatic rings. The second kappa shape index (κ2) is 2.74. The highest BCUT2D eigenvalue weighted by Gasteiger charge is 2.04. The standard InChI is InChI=1S/C8H6ClN3O/c9-7(13)4-1-2-5-6(3-4)12-8(10)11-5/h1-3H,(H3,10,11,12). The van der Waals surface area contributed by atoms with Gasteiger partial charge in [0.25, 0.3) is 5.24 Å². The molecule has 0 aliphatic carbocycles. The fourth-order valence-electron chi connectivity index (χ4n) is 1.15. The first-order valence-electron chi connectivity index (χ1n) is 3.62. The Hall–Kier alpha value is -1.55. The lowest BCUT2D eigenvalue weighted by Gasteiger charge is -1.91. The lowest BCUT2D eigenvalue weighted by atomic mass is 10.2. The van der Waals surface area contributed by atoms with E-state index < -0.39 is 5.24 Å². The van der Waals surface area contributed by atoms with Gasteiger partial charge in [-0.15, -0.1) is 0 Å². The van der Waals surface area contributed by atoms with Crippen LogP contribution in [0.5, 0.6) is 0 Å². The van der Waals surface area contributed by atoms with Crippen molar-refractivity contribution >= 4 is 33.8 Å². The number of anilines is 1. The summed E-state index contributed by atoms with van der Waals surface area (Å²) in [5.74, 6) is 0.328. The summed E-state index contributed by atoms with van der Waals surface area (Å²) in [4.78, 5) is 17.6. The van der Waals surface area contributed by atoms with E-state index in [9.17, 15) is 4.79 Å². The molecule has 0 amide bonds. The summed E-state index contributed by atoms with van der Waals surface area (Å²) in [6.07, 6.45) is 0. The quantitative estimate of drug-likeness (QED) is 0.678. The first-order chi connectivity index (χ1) is 6.16. The van der Waals surface area contributed by atoms with Crippen LogP contribution in [-0.2, 0) is 0 Å². The van der Waals surface area contributed by atoms with Crippen LogP contribution in [0.15, 0.2) is 18.2 Å². The van der Waals surface area contributed by atoms with Gasteiger partial charge in [-0.2, -0.15) is 0 Å². The molecule has 1 aromatic carbocycles. The second-order valence-corrected chi connectivity index (χ2v) is 2.97. The van der Waals surface area contributed by atoms with Gasteiger partial charge in [-0.1, -0.05) is 0 Å². The number of imidazole rings is 1. The average Bonchev–Trinajstić information content (AvgIpc) is 2.42. The van der Waals surface area contributed by atoms with E-state index in [1.165, 1.54) is 0 Å². The second-order valence-electron chi connectivity index (χ2n) is 2.63. The highest BCUT2D eigenvalue weighted by Crippen LogP contribution is 2.15.